The Balaban J connectivity index is 2.41. The minimum atomic E-state index is -0.763. The number of carbonyl (C=O) groups excluding carboxylic acids is 4. The summed E-state index contributed by atoms with van der Waals surface area (Å²) in [5, 5.41) is 0. The molecule has 0 spiro atoms. The van der Waals surface area contributed by atoms with E-state index >= 15 is 0 Å². The molecule has 7 heteroatoms. The molecule has 0 aromatic heterocycles. The Bertz CT molecular complexity index is 746. The predicted molar refractivity (Wildman–Crippen MR) is 105 cm³/mol. The maximum absolute atomic E-state index is 12.4. The maximum Gasteiger partial charge on any atom is 0.334 e. The summed E-state index contributed by atoms with van der Waals surface area (Å²) in [4.78, 5) is 47.4. The van der Waals surface area contributed by atoms with E-state index in [1.165, 1.54) is 6.92 Å². The van der Waals surface area contributed by atoms with Crippen LogP contribution in [0.15, 0.2) is 35.5 Å². The van der Waals surface area contributed by atoms with Gasteiger partial charge >= 0.3 is 17.9 Å². The standard InChI is InChI=1S/C22H28O7/c1-5-13(2)21(25)28-18-9-16(11-23)7-6-8-17(12-27-15(4)24)10-19-20(18)14(3)22(26)29-19/h7,10-11,13,18-20H,3,5-6,8-9,12H2,1-2,4H3/b16-7+,17-10-. The van der Waals surface area contributed by atoms with Crippen LogP contribution in [0.25, 0.3) is 0 Å². The quantitative estimate of drug-likeness (QED) is 0.221. The van der Waals surface area contributed by atoms with E-state index in [1.54, 1.807) is 19.1 Å². The van der Waals surface area contributed by atoms with Gasteiger partial charge in [0.1, 0.15) is 25.1 Å². The van der Waals surface area contributed by atoms with E-state index in [1.807, 2.05) is 6.92 Å². The van der Waals surface area contributed by atoms with Gasteiger partial charge in [0.05, 0.1) is 11.8 Å². The molecule has 4 unspecified atom stereocenters. The Labute approximate surface area is 170 Å². The lowest BCUT2D eigenvalue weighted by molar-refractivity contribution is -0.156. The number of ether oxygens (including phenoxy) is 3. The molecule has 1 saturated heterocycles. The highest BCUT2D eigenvalue weighted by atomic mass is 16.6. The minimum Gasteiger partial charge on any atom is -0.461 e. The van der Waals surface area contributed by atoms with Crippen LogP contribution in [-0.2, 0) is 33.4 Å². The van der Waals surface area contributed by atoms with Gasteiger partial charge in [0.25, 0.3) is 0 Å². The molecule has 1 fully saturated rings. The van der Waals surface area contributed by atoms with Gasteiger partial charge in [-0.2, -0.15) is 0 Å². The third-order valence-corrected chi connectivity index (χ3v) is 5.27. The summed E-state index contributed by atoms with van der Waals surface area (Å²) >= 11 is 0. The molecule has 1 heterocycles. The summed E-state index contributed by atoms with van der Waals surface area (Å²) in [6.45, 7) is 8.85. The molecule has 0 aromatic carbocycles. The van der Waals surface area contributed by atoms with E-state index in [0.29, 0.717) is 24.8 Å². The van der Waals surface area contributed by atoms with E-state index in [0.717, 1.165) is 11.9 Å². The number of hydrogen-bond donors (Lipinski definition) is 0. The van der Waals surface area contributed by atoms with Crippen molar-refractivity contribution in [2.75, 3.05) is 6.61 Å². The Morgan fingerprint density at radius 1 is 1.41 bits per heavy atom. The van der Waals surface area contributed by atoms with Gasteiger partial charge in [0.15, 0.2) is 0 Å². The van der Waals surface area contributed by atoms with Crippen molar-refractivity contribution in [3.05, 3.63) is 35.5 Å². The maximum atomic E-state index is 12.4. The molecule has 0 aromatic rings. The third-order valence-electron chi connectivity index (χ3n) is 5.27. The predicted octanol–water partition coefficient (Wildman–Crippen LogP) is 2.84. The number of fused-ring (bicyclic) bond motifs is 1. The van der Waals surface area contributed by atoms with Crippen LogP contribution >= 0.6 is 0 Å². The van der Waals surface area contributed by atoms with Crippen LogP contribution in [0, 0.1) is 11.8 Å². The second-order valence-electron chi connectivity index (χ2n) is 7.45. The van der Waals surface area contributed by atoms with E-state index in [-0.39, 0.29) is 24.5 Å². The van der Waals surface area contributed by atoms with Crippen molar-refractivity contribution in [2.24, 2.45) is 11.8 Å². The fourth-order valence-electron chi connectivity index (χ4n) is 3.34. The fourth-order valence-corrected chi connectivity index (χ4v) is 3.34. The van der Waals surface area contributed by atoms with Crippen molar-refractivity contribution in [1.29, 1.82) is 0 Å². The van der Waals surface area contributed by atoms with Crippen molar-refractivity contribution in [3.8, 4) is 0 Å². The van der Waals surface area contributed by atoms with E-state index in [9.17, 15) is 19.2 Å². The molecular formula is C22H28O7. The molecule has 0 saturated carbocycles. The first-order valence-electron chi connectivity index (χ1n) is 9.84. The average Bonchev–Trinajstić information content (AvgIpc) is 2.96. The molecule has 0 radical (unpaired) electrons. The summed E-state index contributed by atoms with van der Waals surface area (Å²) < 4.78 is 16.3. The Hall–Kier alpha value is -2.70. The first-order chi connectivity index (χ1) is 13.8. The van der Waals surface area contributed by atoms with Crippen molar-refractivity contribution >= 4 is 24.2 Å². The van der Waals surface area contributed by atoms with Crippen LogP contribution in [0.4, 0.5) is 0 Å². The van der Waals surface area contributed by atoms with Crippen molar-refractivity contribution in [3.63, 3.8) is 0 Å². The first-order valence-corrected chi connectivity index (χ1v) is 9.84. The highest BCUT2D eigenvalue weighted by molar-refractivity contribution is 5.91. The smallest absolute Gasteiger partial charge is 0.334 e. The van der Waals surface area contributed by atoms with Crippen LogP contribution in [0.1, 0.15) is 46.5 Å². The number of rotatable bonds is 6. The molecule has 158 valence electrons. The van der Waals surface area contributed by atoms with Crippen LogP contribution in [0.5, 0.6) is 0 Å². The zero-order valence-corrected chi connectivity index (χ0v) is 17.1. The molecule has 7 nitrogen and oxygen atoms in total. The van der Waals surface area contributed by atoms with Gasteiger partial charge in [-0.05, 0) is 36.5 Å². The van der Waals surface area contributed by atoms with Crippen molar-refractivity contribution < 1.29 is 33.4 Å². The molecule has 0 amide bonds. The number of aldehydes is 1. The lowest BCUT2D eigenvalue weighted by atomic mass is 9.85. The topological polar surface area (TPSA) is 96.0 Å². The van der Waals surface area contributed by atoms with Gasteiger partial charge in [0, 0.05) is 18.9 Å². The van der Waals surface area contributed by atoms with Gasteiger partial charge in [-0.15, -0.1) is 0 Å². The number of hydrogen-bond acceptors (Lipinski definition) is 7. The normalized spacial score (nSPS) is 29.3. The van der Waals surface area contributed by atoms with Gasteiger partial charge in [0.2, 0.25) is 0 Å². The second-order valence-corrected chi connectivity index (χ2v) is 7.45. The van der Waals surface area contributed by atoms with Gasteiger partial charge in [-0.25, -0.2) is 4.79 Å². The minimum absolute atomic E-state index is 0.0597. The number of allylic oxidation sites excluding steroid dienone is 1. The summed E-state index contributed by atoms with van der Waals surface area (Å²) in [7, 11) is 0. The molecule has 4 atom stereocenters. The zero-order valence-electron chi connectivity index (χ0n) is 17.1. The number of esters is 3. The Morgan fingerprint density at radius 3 is 2.76 bits per heavy atom. The SMILES string of the molecule is C=C1C(=O)OC2/C=C(\COC(C)=O)CC/C=C(/C=O)CC(OC(=O)C(C)CC)C12. The van der Waals surface area contributed by atoms with Crippen molar-refractivity contribution in [1.82, 2.24) is 0 Å². The van der Waals surface area contributed by atoms with Crippen LogP contribution in [0.3, 0.4) is 0 Å². The first kappa shape index (κ1) is 22.6. The summed E-state index contributed by atoms with van der Waals surface area (Å²) in [6.07, 6.45) is 4.65. The Morgan fingerprint density at radius 2 is 2.14 bits per heavy atom. The second kappa shape index (κ2) is 10.2. The van der Waals surface area contributed by atoms with E-state index in [4.69, 9.17) is 14.2 Å². The highest BCUT2D eigenvalue weighted by Gasteiger charge is 2.45. The molecule has 2 rings (SSSR count). The third kappa shape index (κ3) is 5.89. The monoisotopic (exact) mass is 404 g/mol. The summed E-state index contributed by atoms with van der Waals surface area (Å²) in [5.74, 6) is -2.31. The van der Waals surface area contributed by atoms with Crippen molar-refractivity contribution in [2.45, 2.75) is 58.7 Å². The fraction of sp³-hybridized carbons (Fsp3) is 0.545. The average molecular weight is 404 g/mol. The van der Waals surface area contributed by atoms with Gasteiger partial charge in [-0.1, -0.05) is 26.5 Å². The van der Waals surface area contributed by atoms with E-state index in [2.05, 4.69) is 6.58 Å². The molecule has 1 aliphatic heterocycles. The lowest BCUT2D eigenvalue weighted by Crippen LogP contribution is -2.35. The molecule has 0 N–H and O–H groups in total. The zero-order chi connectivity index (χ0) is 21.6. The molecule has 29 heavy (non-hydrogen) atoms. The van der Waals surface area contributed by atoms with Crippen LogP contribution in [-0.4, -0.2) is 43.0 Å². The highest BCUT2D eigenvalue weighted by Crippen LogP contribution is 2.36. The molecule has 1 aliphatic carbocycles. The molecular weight excluding hydrogens is 376 g/mol. The molecule has 2 aliphatic rings. The Kier molecular flexibility index (Phi) is 7.93. The largest absolute Gasteiger partial charge is 0.461 e. The van der Waals surface area contributed by atoms with E-state index < -0.39 is 36.0 Å². The van der Waals surface area contributed by atoms with Gasteiger partial charge in [-0.3, -0.25) is 14.4 Å². The summed E-state index contributed by atoms with van der Waals surface area (Å²) in [5.41, 5.74) is 1.44. The lowest BCUT2D eigenvalue weighted by Gasteiger charge is -2.28. The van der Waals surface area contributed by atoms with Crippen LogP contribution < -0.4 is 0 Å². The van der Waals surface area contributed by atoms with Gasteiger partial charge < -0.3 is 14.2 Å². The number of carbonyl (C=O) groups is 4. The summed E-state index contributed by atoms with van der Waals surface area (Å²) in [6, 6.07) is 0. The van der Waals surface area contributed by atoms with Crippen LogP contribution in [0.2, 0.25) is 0 Å². The molecule has 0 bridgehead atoms.